The van der Waals surface area contributed by atoms with Crippen LogP contribution in [0.2, 0.25) is 0 Å². The van der Waals surface area contributed by atoms with Gasteiger partial charge in [-0.15, -0.1) is 0 Å². The van der Waals surface area contributed by atoms with E-state index in [1.165, 1.54) is 25.7 Å². The number of rotatable bonds is 9. The first-order valence-corrected chi connectivity index (χ1v) is 6.14. The lowest BCUT2D eigenvalue weighted by Crippen LogP contribution is -2.31. The fraction of sp³-hybridized carbons (Fsp3) is 1.00. The summed E-state index contributed by atoms with van der Waals surface area (Å²) in [4.78, 5) is 0. The van der Waals surface area contributed by atoms with Crippen molar-refractivity contribution in [3.05, 3.63) is 0 Å². The fourth-order valence-electron chi connectivity index (χ4n) is 1.59. The summed E-state index contributed by atoms with van der Waals surface area (Å²) < 4.78 is 0. The van der Waals surface area contributed by atoms with Crippen LogP contribution in [-0.4, -0.2) is 19.1 Å². The Morgan fingerprint density at radius 2 is 1.86 bits per heavy atom. The molecule has 0 aliphatic carbocycles. The molecule has 0 fully saturated rings. The molecule has 14 heavy (non-hydrogen) atoms. The summed E-state index contributed by atoms with van der Waals surface area (Å²) in [5, 5.41) is 3.57. The van der Waals surface area contributed by atoms with Gasteiger partial charge in [-0.3, -0.25) is 0 Å². The van der Waals surface area contributed by atoms with Gasteiger partial charge < -0.3 is 11.1 Å². The molecule has 86 valence electrons. The molecule has 2 heteroatoms. The van der Waals surface area contributed by atoms with Crippen molar-refractivity contribution in [2.24, 2.45) is 11.7 Å². The third-order valence-electron chi connectivity index (χ3n) is 2.71. The molecule has 0 radical (unpaired) electrons. The van der Waals surface area contributed by atoms with Crippen LogP contribution in [0.5, 0.6) is 0 Å². The molecule has 0 aromatic heterocycles. The molecule has 2 unspecified atom stereocenters. The molecule has 0 saturated carbocycles. The van der Waals surface area contributed by atoms with E-state index in [-0.39, 0.29) is 0 Å². The van der Waals surface area contributed by atoms with Gasteiger partial charge >= 0.3 is 0 Å². The van der Waals surface area contributed by atoms with Crippen molar-refractivity contribution in [3.8, 4) is 0 Å². The zero-order valence-corrected chi connectivity index (χ0v) is 10.2. The van der Waals surface area contributed by atoms with Crippen LogP contribution in [0.1, 0.15) is 52.9 Å². The minimum Gasteiger partial charge on any atom is -0.330 e. The Hall–Kier alpha value is -0.0800. The number of hydrogen-bond donors (Lipinski definition) is 2. The lowest BCUT2D eigenvalue weighted by molar-refractivity contribution is 0.422. The molecular weight excluding hydrogens is 172 g/mol. The largest absolute Gasteiger partial charge is 0.330 e. The van der Waals surface area contributed by atoms with Crippen molar-refractivity contribution in [2.75, 3.05) is 13.1 Å². The molecule has 0 saturated heterocycles. The first-order chi connectivity index (χ1) is 6.70. The summed E-state index contributed by atoms with van der Waals surface area (Å²) in [6.07, 6.45) is 6.48. The summed E-state index contributed by atoms with van der Waals surface area (Å²) in [5.41, 5.74) is 5.51. The van der Waals surface area contributed by atoms with Gasteiger partial charge in [-0.2, -0.15) is 0 Å². The normalized spacial score (nSPS) is 15.4. The van der Waals surface area contributed by atoms with Crippen molar-refractivity contribution in [1.82, 2.24) is 5.32 Å². The van der Waals surface area contributed by atoms with Gasteiger partial charge in [-0.1, -0.05) is 33.1 Å². The average Bonchev–Trinajstić information content (AvgIpc) is 2.16. The lowest BCUT2D eigenvalue weighted by atomic mass is 10.1. The molecule has 2 nitrogen and oxygen atoms in total. The van der Waals surface area contributed by atoms with E-state index in [1.54, 1.807) is 0 Å². The summed E-state index contributed by atoms with van der Waals surface area (Å²) in [5.74, 6) is 0.716. The van der Waals surface area contributed by atoms with Crippen LogP contribution in [0.25, 0.3) is 0 Å². The molecule has 0 aliphatic rings. The Morgan fingerprint density at radius 3 is 2.43 bits per heavy atom. The molecule has 0 rings (SSSR count). The number of unbranched alkanes of at least 4 members (excludes halogenated alkanes) is 2. The van der Waals surface area contributed by atoms with Crippen molar-refractivity contribution in [3.63, 3.8) is 0 Å². The quantitative estimate of drug-likeness (QED) is 0.561. The molecular formula is C12H28N2. The van der Waals surface area contributed by atoms with Crippen molar-refractivity contribution in [2.45, 2.75) is 58.9 Å². The van der Waals surface area contributed by atoms with Crippen LogP contribution >= 0.6 is 0 Å². The number of nitrogens with one attached hydrogen (secondary N) is 1. The molecule has 0 heterocycles. The van der Waals surface area contributed by atoms with Gasteiger partial charge in [0, 0.05) is 6.04 Å². The topological polar surface area (TPSA) is 38.0 Å². The maximum atomic E-state index is 5.51. The van der Waals surface area contributed by atoms with E-state index in [2.05, 4.69) is 26.1 Å². The predicted octanol–water partition coefficient (Wildman–Crippen LogP) is 2.53. The van der Waals surface area contributed by atoms with Crippen LogP contribution in [0.15, 0.2) is 0 Å². The highest BCUT2D eigenvalue weighted by atomic mass is 14.9. The number of hydrogen-bond acceptors (Lipinski definition) is 2. The van der Waals surface area contributed by atoms with E-state index < -0.39 is 0 Å². The van der Waals surface area contributed by atoms with Crippen LogP contribution in [0, 0.1) is 5.92 Å². The van der Waals surface area contributed by atoms with E-state index in [0.29, 0.717) is 12.0 Å². The van der Waals surface area contributed by atoms with Crippen LogP contribution < -0.4 is 11.1 Å². The van der Waals surface area contributed by atoms with Crippen LogP contribution in [0.3, 0.4) is 0 Å². The molecule has 0 bridgehead atoms. The molecule has 0 spiro atoms. The van der Waals surface area contributed by atoms with Gasteiger partial charge in [-0.05, 0) is 38.8 Å². The molecule has 0 aliphatic heterocycles. The minimum absolute atomic E-state index is 0.668. The standard InChI is InChI=1S/C12H28N2/c1-4-5-6-7-12(3)14-10-11(2)8-9-13/h11-12,14H,4-10,13H2,1-3H3. The van der Waals surface area contributed by atoms with Crippen molar-refractivity contribution >= 4 is 0 Å². The van der Waals surface area contributed by atoms with Gasteiger partial charge in [0.05, 0.1) is 0 Å². The van der Waals surface area contributed by atoms with Crippen LogP contribution in [-0.2, 0) is 0 Å². The lowest BCUT2D eigenvalue weighted by Gasteiger charge is -2.17. The Kier molecular flexibility index (Phi) is 9.42. The highest BCUT2D eigenvalue weighted by Gasteiger charge is 2.04. The second-order valence-corrected chi connectivity index (χ2v) is 4.49. The van der Waals surface area contributed by atoms with Crippen molar-refractivity contribution in [1.29, 1.82) is 0 Å². The molecule has 2 atom stereocenters. The predicted molar refractivity (Wildman–Crippen MR) is 64.4 cm³/mol. The van der Waals surface area contributed by atoms with Gasteiger partial charge in [0.2, 0.25) is 0 Å². The fourth-order valence-corrected chi connectivity index (χ4v) is 1.59. The highest BCUT2D eigenvalue weighted by Crippen LogP contribution is 2.04. The summed E-state index contributed by atoms with van der Waals surface area (Å²) in [6, 6.07) is 0.668. The third-order valence-corrected chi connectivity index (χ3v) is 2.71. The van der Waals surface area contributed by atoms with E-state index >= 15 is 0 Å². The first-order valence-electron chi connectivity index (χ1n) is 6.14. The van der Waals surface area contributed by atoms with Crippen molar-refractivity contribution < 1.29 is 0 Å². The minimum atomic E-state index is 0.668. The maximum Gasteiger partial charge on any atom is 0.00388 e. The van der Waals surface area contributed by atoms with Gasteiger partial charge in [0.15, 0.2) is 0 Å². The Morgan fingerprint density at radius 1 is 1.14 bits per heavy atom. The van der Waals surface area contributed by atoms with E-state index in [4.69, 9.17) is 5.73 Å². The molecule has 0 aromatic rings. The zero-order chi connectivity index (χ0) is 10.8. The smallest absolute Gasteiger partial charge is 0.00388 e. The Bertz CT molecular complexity index is 115. The second-order valence-electron chi connectivity index (χ2n) is 4.49. The van der Waals surface area contributed by atoms with E-state index in [0.717, 1.165) is 19.5 Å². The Balaban J connectivity index is 3.29. The maximum absolute atomic E-state index is 5.51. The Labute approximate surface area is 89.6 Å². The SMILES string of the molecule is CCCCCC(C)NCC(C)CCN. The highest BCUT2D eigenvalue weighted by molar-refractivity contribution is 4.64. The monoisotopic (exact) mass is 200 g/mol. The first kappa shape index (κ1) is 13.9. The average molecular weight is 200 g/mol. The summed E-state index contributed by atoms with van der Waals surface area (Å²) >= 11 is 0. The molecule has 0 aromatic carbocycles. The zero-order valence-electron chi connectivity index (χ0n) is 10.2. The molecule has 0 amide bonds. The molecule has 3 N–H and O–H groups in total. The summed E-state index contributed by atoms with van der Waals surface area (Å²) in [7, 11) is 0. The van der Waals surface area contributed by atoms with E-state index in [1.807, 2.05) is 0 Å². The van der Waals surface area contributed by atoms with Gasteiger partial charge in [0.25, 0.3) is 0 Å². The second kappa shape index (κ2) is 9.47. The van der Waals surface area contributed by atoms with Gasteiger partial charge in [-0.25, -0.2) is 0 Å². The third kappa shape index (κ3) is 8.52. The van der Waals surface area contributed by atoms with E-state index in [9.17, 15) is 0 Å². The van der Waals surface area contributed by atoms with Gasteiger partial charge in [0.1, 0.15) is 0 Å². The number of nitrogens with two attached hydrogens (primary N) is 1. The van der Waals surface area contributed by atoms with Crippen LogP contribution in [0.4, 0.5) is 0 Å². The summed E-state index contributed by atoms with van der Waals surface area (Å²) in [6.45, 7) is 8.72.